The van der Waals surface area contributed by atoms with Gasteiger partial charge in [0.1, 0.15) is 0 Å². The van der Waals surface area contributed by atoms with Crippen molar-refractivity contribution < 1.29 is 18.7 Å². The van der Waals surface area contributed by atoms with E-state index in [9.17, 15) is 4.79 Å². The van der Waals surface area contributed by atoms with Crippen LogP contribution in [0, 0.1) is 0 Å². The average Bonchev–Trinajstić information content (AvgIpc) is 3.10. The van der Waals surface area contributed by atoms with Gasteiger partial charge in [0.25, 0.3) is 0 Å². The quantitative estimate of drug-likeness (QED) is 0.765. The lowest BCUT2D eigenvalue weighted by Crippen LogP contribution is -1.95. The number of aromatic nitrogens is 2. The Hall–Kier alpha value is -2.76. The van der Waals surface area contributed by atoms with Crippen molar-refractivity contribution in [2.75, 3.05) is 0 Å². The fourth-order valence-corrected chi connectivity index (χ4v) is 1.64. The Labute approximate surface area is 101 Å². The molecule has 3 heterocycles. The second-order valence-electron chi connectivity index (χ2n) is 3.55. The van der Waals surface area contributed by atoms with Gasteiger partial charge < -0.3 is 13.9 Å². The van der Waals surface area contributed by atoms with E-state index in [1.807, 2.05) is 0 Å². The molecule has 0 unspecified atom stereocenters. The molecule has 0 bridgehead atoms. The number of nitrogens with zero attached hydrogens (tertiary/aromatic N) is 2. The molecule has 0 aliphatic rings. The Morgan fingerprint density at radius 2 is 2.00 bits per heavy atom. The third-order valence-corrected chi connectivity index (χ3v) is 2.41. The third kappa shape index (κ3) is 1.60. The van der Waals surface area contributed by atoms with Crippen molar-refractivity contribution in [3.63, 3.8) is 0 Å². The first-order chi connectivity index (χ1) is 8.75. The molecule has 0 spiro atoms. The molecule has 1 N–H and O–H groups in total. The monoisotopic (exact) mass is 244 g/mol. The predicted octanol–water partition coefficient (Wildman–Crippen LogP) is 2.42. The van der Waals surface area contributed by atoms with Gasteiger partial charge in [0.2, 0.25) is 5.88 Å². The van der Waals surface area contributed by atoms with Crippen molar-refractivity contribution >= 4 is 5.97 Å². The van der Waals surface area contributed by atoms with Gasteiger partial charge in [0.15, 0.2) is 17.3 Å². The van der Waals surface area contributed by atoms with Crippen LogP contribution in [0.4, 0.5) is 0 Å². The predicted molar refractivity (Wildman–Crippen MR) is 60.5 cm³/mol. The molecule has 6 nitrogen and oxygen atoms in total. The van der Waals surface area contributed by atoms with Gasteiger partial charge in [0, 0.05) is 12.3 Å². The number of carboxylic acids is 1. The second-order valence-corrected chi connectivity index (χ2v) is 3.55. The molecule has 0 aliphatic carbocycles. The summed E-state index contributed by atoms with van der Waals surface area (Å²) in [7, 11) is 0. The lowest BCUT2D eigenvalue weighted by atomic mass is 10.4. The summed E-state index contributed by atoms with van der Waals surface area (Å²) in [6.45, 7) is 0. The first kappa shape index (κ1) is 10.4. The molecule has 0 saturated heterocycles. The molecule has 3 aromatic rings. The van der Waals surface area contributed by atoms with Gasteiger partial charge in [-0.15, -0.1) is 0 Å². The maximum Gasteiger partial charge on any atom is 0.356 e. The maximum atomic E-state index is 11.0. The van der Waals surface area contributed by atoms with Crippen LogP contribution in [0.15, 0.2) is 51.8 Å². The Morgan fingerprint density at radius 3 is 2.61 bits per heavy atom. The molecule has 0 saturated carbocycles. The summed E-state index contributed by atoms with van der Waals surface area (Å²) in [6.07, 6.45) is 4.39. The number of carbonyl (C=O) groups is 1. The number of aromatic carboxylic acids is 1. The largest absolute Gasteiger partial charge is 0.476 e. The molecule has 6 heteroatoms. The molecular weight excluding hydrogens is 236 g/mol. The van der Waals surface area contributed by atoms with E-state index in [1.54, 1.807) is 24.3 Å². The van der Waals surface area contributed by atoms with Gasteiger partial charge in [-0.1, -0.05) is 0 Å². The highest BCUT2D eigenvalue weighted by Crippen LogP contribution is 2.23. The highest BCUT2D eigenvalue weighted by molar-refractivity contribution is 5.86. The Bertz CT molecular complexity index is 613. The molecule has 3 aromatic heterocycles. The zero-order valence-electron chi connectivity index (χ0n) is 9.11. The summed E-state index contributed by atoms with van der Waals surface area (Å²) in [5, 5.41) is 8.98. The van der Waals surface area contributed by atoms with Crippen LogP contribution in [0.1, 0.15) is 10.5 Å². The van der Waals surface area contributed by atoms with Crippen LogP contribution in [-0.4, -0.2) is 20.6 Å². The van der Waals surface area contributed by atoms with Gasteiger partial charge in [-0.05, 0) is 18.2 Å². The molecular formula is C12H8N2O4. The number of hydrogen-bond acceptors (Lipinski definition) is 4. The first-order valence-corrected chi connectivity index (χ1v) is 5.16. The van der Waals surface area contributed by atoms with Crippen molar-refractivity contribution in [1.29, 1.82) is 0 Å². The minimum absolute atomic E-state index is 0.0715. The Morgan fingerprint density at radius 1 is 1.22 bits per heavy atom. The minimum atomic E-state index is -1.10. The van der Waals surface area contributed by atoms with Gasteiger partial charge in [-0.25, -0.2) is 9.78 Å². The van der Waals surface area contributed by atoms with Crippen LogP contribution >= 0.6 is 0 Å². The van der Waals surface area contributed by atoms with E-state index in [4.69, 9.17) is 13.9 Å². The zero-order chi connectivity index (χ0) is 12.5. The highest BCUT2D eigenvalue weighted by Gasteiger charge is 2.18. The van der Waals surface area contributed by atoms with Gasteiger partial charge in [-0.2, -0.15) is 0 Å². The van der Waals surface area contributed by atoms with E-state index in [2.05, 4.69) is 4.98 Å². The fourth-order valence-electron chi connectivity index (χ4n) is 1.64. The summed E-state index contributed by atoms with van der Waals surface area (Å²) in [5.41, 5.74) is -0.0715. The van der Waals surface area contributed by atoms with Crippen molar-refractivity contribution in [2.45, 2.75) is 0 Å². The summed E-state index contributed by atoms with van der Waals surface area (Å²) < 4.78 is 12.0. The van der Waals surface area contributed by atoms with E-state index >= 15 is 0 Å². The lowest BCUT2D eigenvalue weighted by molar-refractivity contribution is 0.0691. The van der Waals surface area contributed by atoms with Crippen LogP contribution in [0.5, 0.6) is 0 Å². The van der Waals surface area contributed by atoms with Crippen LogP contribution < -0.4 is 0 Å². The van der Waals surface area contributed by atoms with Gasteiger partial charge >= 0.3 is 5.97 Å². The van der Waals surface area contributed by atoms with Crippen LogP contribution in [-0.2, 0) is 0 Å². The summed E-state index contributed by atoms with van der Waals surface area (Å²) in [6, 6.07) is 6.83. The third-order valence-electron chi connectivity index (χ3n) is 2.41. The van der Waals surface area contributed by atoms with Gasteiger partial charge in [-0.3, -0.25) is 4.57 Å². The van der Waals surface area contributed by atoms with Crippen molar-refractivity contribution in [1.82, 2.24) is 9.55 Å². The number of rotatable bonds is 3. The van der Waals surface area contributed by atoms with Crippen LogP contribution in [0.2, 0.25) is 0 Å². The molecule has 0 fully saturated rings. The topological polar surface area (TPSA) is 81.4 Å². The molecule has 0 amide bonds. The molecule has 3 rings (SSSR count). The van der Waals surface area contributed by atoms with E-state index in [-0.39, 0.29) is 5.69 Å². The van der Waals surface area contributed by atoms with Gasteiger partial charge in [0.05, 0.1) is 12.5 Å². The minimum Gasteiger partial charge on any atom is -0.476 e. The van der Waals surface area contributed by atoms with E-state index in [0.29, 0.717) is 17.5 Å². The summed E-state index contributed by atoms with van der Waals surface area (Å²) in [4.78, 5) is 15.0. The second kappa shape index (κ2) is 3.92. The average molecular weight is 244 g/mol. The van der Waals surface area contributed by atoms with E-state index in [1.165, 1.54) is 23.3 Å². The Balaban J connectivity index is 2.20. The number of carboxylic acid groups (broad SMARTS) is 1. The smallest absolute Gasteiger partial charge is 0.356 e. The van der Waals surface area contributed by atoms with Crippen molar-refractivity contribution in [3.8, 4) is 17.5 Å². The van der Waals surface area contributed by atoms with Crippen molar-refractivity contribution in [2.24, 2.45) is 0 Å². The zero-order valence-corrected chi connectivity index (χ0v) is 9.11. The molecule has 18 heavy (non-hydrogen) atoms. The summed E-state index contributed by atoms with van der Waals surface area (Å²) >= 11 is 0. The molecule has 0 atom stereocenters. The van der Waals surface area contributed by atoms with Crippen LogP contribution in [0.25, 0.3) is 17.5 Å². The Kier molecular flexibility index (Phi) is 2.26. The van der Waals surface area contributed by atoms with E-state index < -0.39 is 5.97 Å². The molecule has 90 valence electrons. The SMILES string of the molecule is O=C(O)c1cn(-c2ccco2)c(-c2ccco2)n1. The normalized spacial score (nSPS) is 10.7. The molecule has 0 aliphatic heterocycles. The summed E-state index contributed by atoms with van der Waals surface area (Å²) in [5.74, 6) is 0.223. The maximum absolute atomic E-state index is 11.0. The number of imidazole rings is 1. The fraction of sp³-hybridized carbons (Fsp3) is 0. The van der Waals surface area contributed by atoms with Crippen molar-refractivity contribution in [3.05, 3.63) is 48.7 Å². The standard InChI is InChI=1S/C12H8N2O4/c15-12(16)8-7-14(10-4-2-6-18-10)11(13-8)9-3-1-5-17-9/h1-7H,(H,15,16). The first-order valence-electron chi connectivity index (χ1n) is 5.16. The van der Waals surface area contributed by atoms with Crippen LogP contribution in [0.3, 0.4) is 0 Å². The molecule has 0 aromatic carbocycles. The lowest BCUT2D eigenvalue weighted by Gasteiger charge is -2.00. The van der Waals surface area contributed by atoms with E-state index in [0.717, 1.165) is 0 Å². The highest BCUT2D eigenvalue weighted by atomic mass is 16.4. The number of hydrogen-bond donors (Lipinski definition) is 1. The molecule has 0 radical (unpaired) electrons. The number of furan rings is 2.